The first-order valence-electron chi connectivity index (χ1n) is 10.7. The van der Waals surface area contributed by atoms with Crippen LogP contribution in [0.25, 0.3) is 6.08 Å². The summed E-state index contributed by atoms with van der Waals surface area (Å²) in [5, 5.41) is 13.1. The molecule has 0 bridgehead atoms. The molecule has 1 amide bonds. The molecule has 0 aliphatic carbocycles. The number of hydrogen-bond acceptors (Lipinski definition) is 4. The van der Waals surface area contributed by atoms with Gasteiger partial charge >= 0.3 is 0 Å². The van der Waals surface area contributed by atoms with Crippen molar-refractivity contribution in [1.82, 2.24) is 14.8 Å². The first-order valence-corrected chi connectivity index (χ1v) is 10.7. The Kier molecular flexibility index (Phi) is 6.07. The highest BCUT2D eigenvalue weighted by Crippen LogP contribution is 2.49. The standard InChI is InChI=1S/C24H28FN3O3/c1-3-6-16-9-10-20-21-18(13-27(20)24(16)31)19(14-29)22(23(30)26-4-2)28(21)12-15-7-5-8-17(25)11-15/h3,5-11,18-19,21-22,29H,4,12-14H2,1-2H3,(H,26,30)/b6-3-/t18-,19-,21+,22-/m0/s1. The average molecular weight is 426 g/mol. The minimum absolute atomic E-state index is 0.0676. The van der Waals surface area contributed by atoms with Crippen LogP contribution in [-0.4, -0.2) is 39.7 Å². The van der Waals surface area contributed by atoms with Crippen LogP contribution < -0.4 is 10.9 Å². The van der Waals surface area contributed by atoms with Crippen LogP contribution in [0, 0.1) is 17.7 Å². The Labute approximate surface area is 181 Å². The number of aromatic nitrogens is 1. The van der Waals surface area contributed by atoms with E-state index < -0.39 is 6.04 Å². The monoisotopic (exact) mass is 425 g/mol. The number of aliphatic hydroxyl groups is 1. The summed E-state index contributed by atoms with van der Waals surface area (Å²) in [5.74, 6) is -0.887. The molecule has 0 radical (unpaired) electrons. The van der Waals surface area contributed by atoms with Crippen LogP contribution in [0.1, 0.15) is 36.7 Å². The Hall–Kier alpha value is -2.77. The van der Waals surface area contributed by atoms with Gasteiger partial charge in [-0.05, 0) is 43.7 Å². The first-order chi connectivity index (χ1) is 15.0. The highest BCUT2D eigenvalue weighted by molar-refractivity contribution is 5.82. The number of amides is 1. The summed E-state index contributed by atoms with van der Waals surface area (Å²) in [5.41, 5.74) is 2.13. The lowest BCUT2D eigenvalue weighted by Gasteiger charge is -2.30. The zero-order valence-corrected chi connectivity index (χ0v) is 17.8. The fourth-order valence-electron chi connectivity index (χ4n) is 5.23. The third kappa shape index (κ3) is 3.72. The van der Waals surface area contributed by atoms with Crippen molar-refractivity contribution < 1.29 is 14.3 Å². The predicted molar refractivity (Wildman–Crippen MR) is 117 cm³/mol. The lowest BCUT2D eigenvalue weighted by molar-refractivity contribution is -0.127. The van der Waals surface area contributed by atoms with E-state index in [1.54, 1.807) is 16.7 Å². The molecular formula is C24H28FN3O3. The summed E-state index contributed by atoms with van der Waals surface area (Å²) in [6, 6.07) is 9.32. The molecule has 2 aromatic rings. The molecule has 164 valence electrons. The quantitative estimate of drug-likeness (QED) is 0.745. The minimum Gasteiger partial charge on any atom is -0.396 e. The largest absolute Gasteiger partial charge is 0.396 e. The number of hydrogen-bond donors (Lipinski definition) is 2. The van der Waals surface area contributed by atoms with Crippen molar-refractivity contribution in [3.05, 3.63) is 75.5 Å². The van der Waals surface area contributed by atoms with Crippen LogP contribution in [0.2, 0.25) is 0 Å². The molecule has 1 aromatic carbocycles. The van der Waals surface area contributed by atoms with E-state index in [9.17, 15) is 19.1 Å². The van der Waals surface area contributed by atoms with Gasteiger partial charge in [-0.15, -0.1) is 0 Å². The molecule has 1 aromatic heterocycles. The Balaban J connectivity index is 1.80. The molecule has 6 nitrogen and oxygen atoms in total. The number of benzene rings is 1. The zero-order chi connectivity index (χ0) is 22.1. The number of nitrogens with zero attached hydrogens (tertiary/aromatic N) is 2. The van der Waals surface area contributed by atoms with E-state index in [0.29, 0.717) is 25.2 Å². The summed E-state index contributed by atoms with van der Waals surface area (Å²) in [6.07, 6.45) is 3.62. The van der Waals surface area contributed by atoms with Crippen molar-refractivity contribution in [2.75, 3.05) is 13.2 Å². The number of pyridine rings is 1. The lowest BCUT2D eigenvalue weighted by atomic mass is 9.88. The van der Waals surface area contributed by atoms with Crippen molar-refractivity contribution in [3.8, 4) is 0 Å². The number of allylic oxidation sites excluding steroid dienone is 1. The van der Waals surface area contributed by atoms with Crippen molar-refractivity contribution in [3.63, 3.8) is 0 Å². The van der Waals surface area contributed by atoms with E-state index in [4.69, 9.17) is 0 Å². The second-order valence-electron chi connectivity index (χ2n) is 8.23. The molecule has 3 heterocycles. The molecule has 4 rings (SSSR count). The van der Waals surface area contributed by atoms with Crippen LogP contribution in [0.5, 0.6) is 0 Å². The van der Waals surface area contributed by atoms with Gasteiger partial charge in [0, 0.05) is 49.3 Å². The number of likely N-dealkylation sites (N-methyl/N-ethyl adjacent to an activating group) is 1. The molecule has 1 saturated heterocycles. The van der Waals surface area contributed by atoms with Gasteiger partial charge in [0.15, 0.2) is 0 Å². The Morgan fingerprint density at radius 1 is 1.32 bits per heavy atom. The molecule has 4 atom stereocenters. The van der Waals surface area contributed by atoms with Gasteiger partial charge in [-0.1, -0.05) is 24.3 Å². The number of carbonyl (C=O) groups is 1. The molecule has 31 heavy (non-hydrogen) atoms. The molecular weight excluding hydrogens is 397 g/mol. The van der Waals surface area contributed by atoms with Crippen molar-refractivity contribution in [2.45, 2.75) is 39.0 Å². The molecule has 0 unspecified atom stereocenters. The van der Waals surface area contributed by atoms with E-state index in [2.05, 4.69) is 5.32 Å². The number of carbonyl (C=O) groups excluding carboxylic acids is 1. The fourth-order valence-corrected chi connectivity index (χ4v) is 5.23. The fraction of sp³-hybridized carbons (Fsp3) is 0.417. The Morgan fingerprint density at radius 2 is 2.13 bits per heavy atom. The first kappa shape index (κ1) is 21.5. The van der Waals surface area contributed by atoms with Gasteiger partial charge in [-0.25, -0.2) is 4.39 Å². The molecule has 7 heteroatoms. The maximum atomic E-state index is 13.8. The van der Waals surface area contributed by atoms with Crippen LogP contribution in [0.4, 0.5) is 4.39 Å². The Morgan fingerprint density at radius 3 is 2.81 bits per heavy atom. The minimum atomic E-state index is -0.553. The van der Waals surface area contributed by atoms with Gasteiger partial charge in [0.25, 0.3) is 5.56 Å². The van der Waals surface area contributed by atoms with Crippen molar-refractivity contribution >= 4 is 12.0 Å². The number of likely N-dealkylation sites (tertiary alicyclic amines) is 1. The van der Waals surface area contributed by atoms with Gasteiger partial charge in [0.2, 0.25) is 5.91 Å². The third-order valence-corrected chi connectivity index (χ3v) is 6.44. The van der Waals surface area contributed by atoms with Crippen molar-refractivity contribution in [2.24, 2.45) is 11.8 Å². The molecule has 2 aliphatic rings. The smallest absolute Gasteiger partial charge is 0.258 e. The van der Waals surface area contributed by atoms with Gasteiger partial charge in [-0.2, -0.15) is 0 Å². The van der Waals surface area contributed by atoms with Gasteiger partial charge < -0.3 is 15.0 Å². The van der Waals surface area contributed by atoms with Crippen LogP contribution >= 0.6 is 0 Å². The number of halogens is 1. The van der Waals surface area contributed by atoms with Crippen LogP contribution in [0.3, 0.4) is 0 Å². The lowest BCUT2D eigenvalue weighted by Crippen LogP contribution is -2.48. The van der Waals surface area contributed by atoms with Crippen LogP contribution in [0.15, 0.2) is 47.3 Å². The highest BCUT2D eigenvalue weighted by Gasteiger charge is 2.55. The van der Waals surface area contributed by atoms with E-state index in [0.717, 1.165) is 11.3 Å². The molecule has 2 aliphatic heterocycles. The number of nitrogens with one attached hydrogen (secondary N) is 1. The number of aliphatic hydroxyl groups excluding tert-OH is 1. The molecule has 0 saturated carbocycles. The maximum absolute atomic E-state index is 13.8. The molecule has 0 spiro atoms. The topological polar surface area (TPSA) is 74.6 Å². The highest BCUT2D eigenvalue weighted by atomic mass is 19.1. The van der Waals surface area contributed by atoms with Gasteiger partial charge in [-0.3, -0.25) is 14.5 Å². The van der Waals surface area contributed by atoms with E-state index in [1.165, 1.54) is 12.1 Å². The average Bonchev–Trinajstić information content (AvgIpc) is 3.26. The second-order valence-corrected chi connectivity index (χ2v) is 8.23. The normalized spacial score (nSPS) is 25.0. The van der Waals surface area contributed by atoms with E-state index in [-0.39, 0.29) is 41.8 Å². The molecule has 1 fully saturated rings. The Bertz CT molecular complexity index is 1060. The zero-order valence-electron chi connectivity index (χ0n) is 17.8. The second kappa shape index (κ2) is 8.77. The van der Waals surface area contributed by atoms with E-state index >= 15 is 0 Å². The van der Waals surface area contributed by atoms with Gasteiger partial charge in [0.1, 0.15) is 5.82 Å². The maximum Gasteiger partial charge on any atom is 0.258 e. The van der Waals surface area contributed by atoms with Gasteiger partial charge in [0.05, 0.1) is 12.1 Å². The number of fused-ring (bicyclic) bond motifs is 3. The van der Waals surface area contributed by atoms with Crippen molar-refractivity contribution in [1.29, 1.82) is 0 Å². The third-order valence-electron chi connectivity index (χ3n) is 6.44. The van der Waals surface area contributed by atoms with E-state index in [1.807, 2.05) is 43.0 Å². The SMILES string of the molecule is C/C=C\c1ccc2n(c1=O)C[C@H]1[C@H](CO)[C@@H](C(=O)NCC)N(Cc3cccc(F)c3)[C@@H]21. The summed E-state index contributed by atoms with van der Waals surface area (Å²) in [6.45, 7) is 4.85. The number of rotatable bonds is 6. The predicted octanol–water partition coefficient (Wildman–Crippen LogP) is 2.32. The summed E-state index contributed by atoms with van der Waals surface area (Å²) >= 11 is 0. The summed E-state index contributed by atoms with van der Waals surface area (Å²) < 4.78 is 15.6. The van der Waals surface area contributed by atoms with Crippen LogP contribution in [-0.2, 0) is 17.9 Å². The molecule has 2 N–H and O–H groups in total. The summed E-state index contributed by atoms with van der Waals surface area (Å²) in [4.78, 5) is 28.0. The summed E-state index contributed by atoms with van der Waals surface area (Å²) in [7, 11) is 0.